The van der Waals surface area contributed by atoms with Gasteiger partial charge in [0.05, 0.1) is 18.1 Å². The van der Waals surface area contributed by atoms with Crippen molar-refractivity contribution in [2.45, 2.75) is 25.7 Å². The summed E-state index contributed by atoms with van der Waals surface area (Å²) in [5, 5.41) is 10.5. The predicted octanol–water partition coefficient (Wildman–Crippen LogP) is 4.75. The minimum atomic E-state index is -0.433. The van der Waals surface area contributed by atoms with Gasteiger partial charge in [-0.1, -0.05) is 0 Å². The number of non-ortho nitro benzene ring substituents is 1. The molecule has 24 heavy (non-hydrogen) atoms. The van der Waals surface area contributed by atoms with Gasteiger partial charge in [-0.2, -0.15) is 0 Å². The molecule has 0 radical (unpaired) electrons. The minimum Gasteiger partial charge on any atom is -0.494 e. The van der Waals surface area contributed by atoms with Gasteiger partial charge in [0.2, 0.25) is 0 Å². The molecule has 0 saturated carbocycles. The molecule has 2 rings (SSSR count). The minimum absolute atomic E-state index is 0.0588. The Morgan fingerprint density at radius 3 is 1.71 bits per heavy atom. The predicted molar refractivity (Wildman–Crippen MR) is 89.0 cm³/mol. The molecule has 0 aliphatic heterocycles. The number of rotatable bonds is 10. The van der Waals surface area contributed by atoms with Gasteiger partial charge in [-0.25, -0.2) is 4.39 Å². The van der Waals surface area contributed by atoms with Crippen molar-refractivity contribution in [3.63, 3.8) is 0 Å². The first-order valence-corrected chi connectivity index (χ1v) is 7.91. The second kappa shape index (κ2) is 9.50. The van der Waals surface area contributed by atoms with Gasteiger partial charge >= 0.3 is 0 Å². The van der Waals surface area contributed by atoms with Gasteiger partial charge in [-0.05, 0) is 62.1 Å². The third kappa shape index (κ3) is 6.24. The first kappa shape index (κ1) is 17.7. The quantitative estimate of drug-likeness (QED) is 0.357. The monoisotopic (exact) mass is 333 g/mol. The van der Waals surface area contributed by atoms with Crippen LogP contribution in [0.5, 0.6) is 11.5 Å². The van der Waals surface area contributed by atoms with Crippen molar-refractivity contribution in [1.82, 2.24) is 0 Å². The van der Waals surface area contributed by atoms with Gasteiger partial charge in [-0.15, -0.1) is 0 Å². The Bertz CT molecular complexity index is 628. The summed E-state index contributed by atoms with van der Waals surface area (Å²) in [5.41, 5.74) is 0.0588. The van der Waals surface area contributed by atoms with Gasteiger partial charge in [-0.3, -0.25) is 10.1 Å². The maximum atomic E-state index is 12.7. The number of halogens is 1. The Morgan fingerprint density at radius 1 is 0.792 bits per heavy atom. The van der Waals surface area contributed by atoms with E-state index >= 15 is 0 Å². The fraction of sp³-hybridized carbons (Fsp3) is 0.333. The van der Waals surface area contributed by atoms with Crippen LogP contribution in [0.4, 0.5) is 10.1 Å². The molecular weight excluding hydrogens is 313 g/mol. The highest BCUT2D eigenvalue weighted by Gasteiger charge is 2.04. The average Bonchev–Trinajstić information content (AvgIpc) is 2.59. The second-order valence-electron chi connectivity index (χ2n) is 5.32. The molecule has 0 fully saturated rings. The molecule has 0 heterocycles. The smallest absolute Gasteiger partial charge is 0.269 e. The van der Waals surface area contributed by atoms with Crippen LogP contribution in [0.25, 0.3) is 0 Å². The average molecular weight is 333 g/mol. The molecule has 5 nitrogen and oxygen atoms in total. The third-order valence-corrected chi connectivity index (χ3v) is 3.44. The summed E-state index contributed by atoms with van der Waals surface area (Å²) in [6.07, 6.45) is 3.87. The van der Waals surface area contributed by atoms with Crippen molar-refractivity contribution in [2.24, 2.45) is 0 Å². The zero-order chi connectivity index (χ0) is 17.2. The first-order valence-electron chi connectivity index (χ1n) is 7.91. The van der Waals surface area contributed by atoms with E-state index in [0.29, 0.717) is 24.7 Å². The highest BCUT2D eigenvalue weighted by molar-refractivity contribution is 5.35. The number of benzene rings is 2. The molecule has 2 aromatic carbocycles. The van der Waals surface area contributed by atoms with Gasteiger partial charge in [0.25, 0.3) is 5.69 Å². The van der Waals surface area contributed by atoms with Crippen molar-refractivity contribution in [1.29, 1.82) is 0 Å². The van der Waals surface area contributed by atoms with E-state index in [-0.39, 0.29) is 11.5 Å². The molecule has 6 heteroatoms. The molecule has 0 atom stereocenters. The SMILES string of the molecule is O=[N+]([O-])c1ccc(OCCCCCCOc2ccc(F)cc2)cc1. The molecule has 0 spiro atoms. The molecule has 0 aliphatic carbocycles. The van der Waals surface area contributed by atoms with Crippen LogP contribution in [0.1, 0.15) is 25.7 Å². The maximum Gasteiger partial charge on any atom is 0.269 e. The number of nitro benzene ring substituents is 1. The fourth-order valence-electron chi connectivity index (χ4n) is 2.13. The summed E-state index contributed by atoms with van der Waals surface area (Å²) < 4.78 is 23.8. The second-order valence-corrected chi connectivity index (χ2v) is 5.32. The number of hydrogen-bond acceptors (Lipinski definition) is 4. The molecule has 0 saturated heterocycles. The number of nitrogens with zero attached hydrogens (tertiary/aromatic N) is 1. The molecule has 0 aromatic heterocycles. The molecule has 0 aliphatic rings. The molecular formula is C18H20FNO4. The number of hydrogen-bond donors (Lipinski definition) is 0. The van der Waals surface area contributed by atoms with Gasteiger partial charge < -0.3 is 9.47 Å². The highest BCUT2D eigenvalue weighted by Crippen LogP contribution is 2.17. The summed E-state index contributed by atoms with van der Waals surface area (Å²) in [7, 11) is 0. The van der Waals surface area contributed by atoms with Crippen LogP contribution in [-0.4, -0.2) is 18.1 Å². The van der Waals surface area contributed by atoms with Crippen molar-refractivity contribution in [3.8, 4) is 11.5 Å². The lowest BCUT2D eigenvalue weighted by molar-refractivity contribution is -0.384. The van der Waals surface area contributed by atoms with Crippen LogP contribution < -0.4 is 9.47 Å². The van der Waals surface area contributed by atoms with Crippen LogP contribution in [-0.2, 0) is 0 Å². The number of ether oxygens (including phenoxy) is 2. The standard InChI is InChI=1S/C18H20FNO4/c19-15-5-9-17(10-6-15)23-13-3-1-2-4-14-24-18-11-7-16(8-12-18)20(21)22/h5-12H,1-4,13-14H2. The summed E-state index contributed by atoms with van der Waals surface area (Å²) in [4.78, 5) is 10.1. The topological polar surface area (TPSA) is 61.6 Å². The number of unbranched alkanes of at least 4 members (excludes halogenated alkanes) is 3. The van der Waals surface area contributed by atoms with Crippen molar-refractivity contribution >= 4 is 5.69 Å². The lowest BCUT2D eigenvalue weighted by Crippen LogP contribution is -2.00. The molecule has 0 N–H and O–H groups in total. The van der Waals surface area contributed by atoms with Crippen molar-refractivity contribution in [3.05, 3.63) is 64.5 Å². The van der Waals surface area contributed by atoms with Crippen LogP contribution in [0.3, 0.4) is 0 Å². The zero-order valence-electron chi connectivity index (χ0n) is 13.3. The van der Waals surface area contributed by atoms with Crippen LogP contribution >= 0.6 is 0 Å². The van der Waals surface area contributed by atoms with E-state index in [1.54, 1.807) is 24.3 Å². The Labute approximate surface area is 140 Å². The van der Waals surface area contributed by atoms with E-state index < -0.39 is 4.92 Å². The summed E-state index contributed by atoms with van der Waals surface area (Å²) in [6.45, 7) is 1.19. The fourth-order valence-corrected chi connectivity index (χ4v) is 2.13. The van der Waals surface area contributed by atoms with Gasteiger partial charge in [0.1, 0.15) is 17.3 Å². The lowest BCUT2D eigenvalue weighted by Gasteiger charge is -2.07. The van der Waals surface area contributed by atoms with E-state index in [1.165, 1.54) is 24.3 Å². The Balaban J connectivity index is 1.50. The third-order valence-electron chi connectivity index (χ3n) is 3.44. The molecule has 128 valence electrons. The maximum absolute atomic E-state index is 12.7. The molecule has 0 bridgehead atoms. The summed E-state index contributed by atoms with van der Waals surface area (Å²) in [5.74, 6) is 1.05. The summed E-state index contributed by atoms with van der Waals surface area (Å²) in [6, 6.07) is 12.1. The Morgan fingerprint density at radius 2 is 1.25 bits per heavy atom. The van der Waals surface area contributed by atoms with Gasteiger partial charge in [0.15, 0.2) is 0 Å². The van der Waals surface area contributed by atoms with Crippen molar-refractivity contribution in [2.75, 3.05) is 13.2 Å². The van der Waals surface area contributed by atoms with Crippen LogP contribution in [0.15, 0.2) is 48.5 Å². The molecule has 0 amide bonds. The zero-order valence-corrected chi connectivity index (χ0v) is 13.3. The molecule has 0 unspecified atom stereocenters. The van der Waals surface area contributed by atoms with E-state index in [1.807, 2.05) is 0 Å². The first-order chi connectivity index (χ1) is 11.6. The van der Waals surface area contributed by atoms with E-state index in [0.717, 1.165) is 25.7 Å². The largest absolute Gasteiger partial charge is 0.494 e. The van der Waals surface area contributed by atoms with Crippen molar-refractivity contribution < 1.29 is 18.8 Å². The Hall–Kier alpha value is -2.63. The van der Waals surface area contributed by atoms with Gasteiger partial charge in [0, 0.05) is 12.1 Å². The lowest BCUT2D eigenvalue weighted by atomic mass is 10.2. The van der Waals surface area contributed by atoms with Crippen LogP contribution in [0.2, 0.25) is 0 Å². The normalized spacial score (nSPS) is 10.4. The van der Waals surface area contributed by atoms with Crippen LogP contribution in [0, 0.1) is 15.9 Å². The number of nitro groups is 1. The van der Waals surface area contributed by atoms with E-state index in [4.69, 9.17) is 9.47 Å². The van der Waals surface area contributed by atoms with E-state index in [9.17, 15) is 14.5 Å². The Kier molecular flexibility index (Phi) is 7.01. The highest BCUT2D eigenvalue weighted by atomic mass is 19.1. The summed E-state index contributed by atoms with van der Waals surface area (Å²) >= 11 is 0. The molecule has 2 aromatic rings. The van der Waals surface area contributed by atoms with E-state index in [2.05, 4.69) is 0 Å².